The maximum atomic E-state index is 10.6. The molecule has 14 heavy (non-hydrogen) atoms. The lowest BCUT2D eigenvalue weighted by Gasteiger charge is -1.96. The Morgan fingerprint density at radius 1 is 1.43 bits per heavy atom. The highest BCUT2D eigenvalue weighted by Crippen LogP contribution is 2.22. The van der Waals surface area contributed by atoms with E-state index in [-0.39, 0.29) is 5.76 Å². The van der Waals surface area contributed by atoms with Crippen molar-refractivity contribution in [2.24, 2.45) is 5.84 Å². The maximum absolute atomic E-state index is 10.6. The summed E-state index contributed by atoms with van der Waals surface area (Å²) in [5, 5.41) is 9.42. The fourth-order valence-corrected chi connectivity index (χ4v) is 1.23. The number of hydrogen-bond donors (Lipinski definition) is 3. The van der Waals surface area contributed by atoms with E-state index in [0.717, 1.165) is 5.39 Å². The van der Waals surface area contributed by atoms with Crippen molar-refractivity contribution in [1.29, 1.82) is 0 Å². The van der Waals surface area contributed by atoms with Crippen LogP contribution in [0.25, 0.3) is 11.0 Å². The van der Waals surface area contributed by atoms with Gasteiger partial charge in [0.15, 0.2) is 0 Å². The van der Waals surface area contributed by atoms with Gasteiger partial charge in [-0.25, -0.2) is 4.79 Å². The van der Waals surface area contributed by atoms with Crippen LogP contribution in [0.3, 0.4) is 0 Å². The van der Waals surface area contributed by atoms with E-state index >= 15 is 0 Å². The Labute approximate surface area is 79.1 Å². The standard InChI is InChI=1S/C9H8N2O3/c10-11-6-2-1-5-3-8(9(12)13)14-7(5)4-6/h1-4,11H,10H2,(H,12,13). The normalized spacial score (nSPS) is 10.4. The van der Waals surface area contributed by atoms with Gasteiger partial charge >= 0.3 is 5.97 Å². The lowest BCUT2D eigenvalue weighted by molar-refractivity contribution is 0.0665. The zero-order valence-corrected chi connectivity index (χ0v) is 7.15. The van der Waals surface area contributed by atoms with E-state index in [9.17, 15) is 4.79 Å². The van der Waals surface area contributed by atoms with Crippen molar-refractivity contribution in [1.82, 2.24) is 0 Å². The Bertz CT molecular complexity index is 490. The lowest BCUT2D eigenvalue weighted by atomic mass is 10.2. The summed E-state index contributed by atoms with van der Waals surface area (Å²) < 4.78 is 5.08. The average Bonchev–Trinajstić information content (AvgIpc) is 2.59. The third-order valence-corrected chi connectivity index (χ3v) is 1.90. The van der Waals surface area contributed by atoms with Crippen molar-refractivity contribution in [3.05, 3.63) is 30.0 Å². The summed E-state index contributed by atoms with van der Waals surface area (Å²) in [6, 6.07) is 6.59. The van der Waals surface area contributed by atoms with Gasteiger partial charge in [-0.3, -0.25) is 5.84 Å². The molecule has 0 radical (unpaired) electrons. The zero-order valence-electron chi connectivity index (χ0n) is 7.15. The first-order valence-electron chi connectivity index (χ1n) is 3.94. The SMILES string of the molecule is NNc1ccc2cc(C(=O)O)oc2c1. The molecule has 0 aliphatic carbocycles. The van der Waals surface area contributed by atoms with E-state index < -0.39 is 5.97 Å². The molecule has 2 rings (SSSR count). The predicted molar refractivity (Wildman–Crippen MR) is 51.0 cm³/mol. The molecule has 0 fully saturated rings. The van der Waals surface area contributed by atoms with Crippen LogP contribution in [-0.4, -0.2) is 11.1 Å². The van der Waals surface area contributed by atoms with E-state index in [0.29, 0.717) is 11.3 Å². The van der Waals surface area contributed by atoms with E-state index in [2.05, 4.69) is 5.43 Å². The van der Waals surface area contributed by atoms with E-state index in [4.69, 9.17) is 15.4 Å². The van der Waals surface area contributed by atoms with Crippen molar-refractivity contribution in [2.75, 3.05) is 5.43 Å². The predicted octanol–water partition coefficient (Wildman–Crippen LogP) is 1.42. The summed E-state index contributed by atoms with van der Waals surface area (Å²) in [6.07, 6.45) is 0. The molecule has 0 unspecified atom stereocenters. The fourth-order valence-electron chi connectivity index (χ4n) is 1.23. The first-order chi connectivity index (χ1) is 6.70. The molecule has 5 heteroatoms. The van der Waals surface area contributed by atoms with Gasteiger partial charge in [-0.1, -0.05) is 0 Å². The van der Waals surface area contributed by atoms with Gasteiger partial charge in [0, 0.05) is 11.5 Å². The summed E-state index contributed by atoms with van der Waals surface area (Å²) in [5.41, 5.74) is 3.62. The molecule has 0 aliphatic heterocycles. The molecule has 0 spiro atoms. The second kappa shape index (κ2) is 3.04. The van der Waals surface area contributed by atoms with Gasteiger partial charge in [-0.15, -0.1) is 0 Å². The molecule has 0 saturated carbocycles. The number of benzene rings is 1. The molecule has 72 valence electrons. The molecule has 0 amide bonds. The Kier molecular flexibility index (Phi) is 1.86. The molecule has 1 heterocycles. The van der Waals surface area contributed by atoms with Crippen molar-refractivity contribution in [2.45, 2.75) is 0 Å². The molecule has 1 aromatic heterocycles. The molecule has 0 saturated heterocycles. The van der Waals surface area contributed by atoms with E-state index in [1.807, 2.05) is 0 Å². The van der Waals surface area contributed by atoms with Gasteiger partial charge in [0.2, 0.25) is 5.76 Å². The number of carboxylic acid groups (broad SMARTS) is 1. The molecule has 5 nitrogen and oxygen atoms in total. The Hall–Kier alpha value is -2.01. The molecular formula is C9H8N2O3. The number of fused-ring (bicyclic) bond motifs is 1. The highest BCUT2D eigenvalue weighted by molar-refractivity contribution is 5.92. The molecule has 0 aliphatic rings. The minimum Gasteiger partial charge on any atom is -0.475 e. The Balaban J connectivity index is 2.60. The number of hydrogen-bond acceptors (Lipinski definition) is 4. The van der Waals surface area contributed by atoms with Gasteiger partial charge in [-0.05, 0) is 18.2 Å². The van der Waals surface area contributed by atoms with Gasteiger partial charge in [0.25, 0.3) is 0 Å². The first kappa shape index (κ1) is 8.58. The summed E-state index contributed by atoms with van der Waals surface area (Å²) in [7, 11) is 0. The van der Waals surface area contributed by atoms with Crippen LogP contribution in [0.15, 0.2) is 28.7 Å². The monoisotopic (exact) mass is 192 g/mol. The number of anilines is 1. The highest BCUT2D eigenvalue weighted by Gasteiger charge is 2.09. The minimum atomic E-state index is -1.08. The summed E-state index contributed by atoms with van der Waals surface area (Å²) in [5.74, 6) is 4.04. The van der Waals surface area contributed by atoms with Crippen molar-refractivity contribution >= 4 is 22.6 Å². The molecule has 0 atom stereocenters. The number of rotatable bonds is 2. The molecular weight excluding hydrogens is 184 g/mol. The Morgan fingerprint density at radius 3 is 2.86 bits per heavy atom. The van der Waals surface area contributed by atoms with Gasteiger partial charge in [0.1, 0.15) is 5.58 Å². The third-order valence-electron chi connectivity index (χ3n) is 1.90. The molecule has 2 aromatic rings. The summed E-state index contributed by atoms with van der Waals surface area (Å²) in [4.78, 5) is 10.6. The number of nitrogen functional groups attached to an aromatic ring is 1. The first-order valence-corrected chi connectivity index (χ1v) is 3.94. The van der Waals surface area contributed by atoms with Crippen LogP contribution in [-0.2, 0) is 0 Å². The van der Waals surface area contributed by atoms with E-state index in [1.165, 1.54) is 6.07 Å². The second-order valence-electron chi connectivity index (χ2n) is 2.81. The van der Waals surface area contributed by atoms with Crippen LogP contribution in [0, 0.1) is 0 Å². The van der Waals surface area contributed by atoms with Gasteiger partial charge < -0.3 is 14.9 Å². The summed E-state index contributed by atoms with van der Waals surface area (Å²) in [6.45, 7) is 0. The third kappa shape index (κ3) is 1.29. The number of aromatic carboxylic acids is 1. The number of carboxylic acids is 1. The van der Waals surface area contributed by atoms with Crippen LogP contribution < -0.4 is 11.3 Å². The molecule has 4 N–H and O–H groups in total. The number of nitrogens with two attached hydrogens (primary N) is 1. The Morgan fingerprint density at radius 2 is 2.21 bits per heavy atom. The van der Waals surface area contributed by atoms with Crippen molar-refractivity contribution < 1.29 is 14.3 Å². The van der Waals surface area contributed by atoms with E-state index in [1.54, 1.807) is 18.2 Å². The smallest absolute Gasteiger partial charge is 0.371 e. The largest absolute Gasteiger partial charge is 0.475 e. The second-order valence-corrected chi connectivity index (χ2v) is 2.81. The van der Waals surface area contributed by atoms with Crippen LogP contribution in [0.5, 0.6) is 0 Å². The molecule has 0 bridgehead atoms. The van der Waals surface area contributed by atoms with Gasteiger partial charge in [0.05, 0.1) is 5.69 Å². The van der Waals surface area contributed by atoms with Crippen LogP contribution >= 0.6 is 0 Å². The lowest BCUT2D eigenvalue weighted by Crippen LogP contribution is -2.05. The average molecular weight is 192 g/mol. The van der Waals surface area contributed by atoms with Crippen LogP contribution in [0.4, 0.5) is 5.69 Å². The van der Waals surface area contributed by atoms with Crippen LogP contribution in [0.2, 0.25) is 0 Å². The summed E-state index contributed by atoms with van der Waals surface area (Å²) >= 11 is 0. The zero-order chi connectivity index (χ0) is 10.1. The molecule has 1 aromatic carbocycles. The quantitative estimate of drug-likeness (QED) is 0.494. The maximum Gasteiger partial charge on any atom is 0.371 e. The number of nitrogens with one attached hydrogen (secondary N) is 1. The minimum absolute atomic E-state index is 0.0748. The topological polar surface area (TPSA) is 88.5 Å². The number of hydrazine groups is 1. The fraction of sp³-hybridized carbons (Fsp3) is 0. The van der Waals surface area contributed by atoms with Crippen LogP contribution in [0.1, 0.15) is 10.6 Å². The number of carbonyl (C=O) groups is 1. The number of furan rings is 1. The highest BCUT2D eigenvalue weighted by atomic mass is 16.4. The van der Waals surface area contributed by atoms with Crippen molar-refractivity contribution in [3.63, 3.8) is 0 Å². The van der Waals surface area contributed by atoms with Crippen molar-refractivity contribution in [3.8, 4) is 0 Å². The van der Waals surface area contributed by atoms with Gasteiger partial charge in [-0.2, -0.15) is 0 Å².